The molecule has 0 aliphatic rings. The molecule has 0 saturated carbocycles. The molecule has 1 rings (SSSR count). The first-order chi connectivity index (χ1) is 6.54. The van der Waals surface area contributed by atoms with Crippen LogP contribution in [-0.4, -0.2) is 0 Å². The monoisotopic (exact) mass is 249 g/mol. The molecule has 77 valence electrons. The summed E-state index contributed by atoms with van der Waals surface area (Å²) in [4.78, 5) is 0. The van der Waals surface area contributed by atoms with E-state index in [2.05, 4.69) is 13.3 Å². The lowest BCUT2D eigenvalue weighted by Crippen LogP contribution is -1.99. The van der Waals surface area contributed by atoms with E-state index in [4.69, 9.17) is 34.8 Å². The Hall–Kier alpha value is 0.0900. The molecule has 14 heavy (non-hydrogen) atoms. The van der Waals surface area contributed by atoms with E-state index in [1.165, 1.54) is 5.56 Å². The van der Waals surface area contributed by atoms with Crippen LogP contribution in [0, 0.1) is 6.42 Å². The Morgan fingerprint density at radius 1 is 1.14 bits per heavy atom. The molecule has 0 aromatic heterocycles. The van der Waals surface area contributed by atoms with Crippen molar-refractivity contribution in [2.45, 2.75) is 23.6 Å². The van der Waals surface area contributed by atoms with Gasteiger partial charge in [0.2, 0.25) is 3.79 Å². The molecule has 0 spiro atoms. The number of unbranched alkanes of at least 4 members (excludes halogenated alkanes) is 1. The van der Waals surface area contributed by atoms with Crippen molar-refractivity contribution in [2.75, 3.05) is 0 Å². The quantitative estimate of drug-likeness (QED) is 0.672. The van der Waals surface area contributed by atoms with Crippen molar-refractivity contribution in [1.29, 1.82) is 0 Å². The molecule has 0 N–H and O–H groups in total. The number of hydrogen-bond donors (Lipinski definition) is 0. The average molecular weight is 251 g/mol. The van der Waals surface area contributed by atoms with E-state index < -0.39 is 3.79 Å². The third-order valence-corrected chi connectivity index (χ3v) is 2.56. The minimum absolute atomic E-state index is 0.705. The molecular weight excluding hydrogens is 238 g/mol. The lowest BCUT2D eigenvalue weighted by molar-refractivity contribution is 0.913. The lowest BCUT2D eigenvalue weighted by Gasteiger charge is -2.11. The van der Waals surface area contributed by atoms with Crippen molar-refractivity contribution in [2.24, 2.45) is 0 Å². The van der Waals surface area contributed by atoms with Gasteiger partial charge in [-0.25, -0.2) is 0 Å². The van der Waals surface area contributed by atoms with Gasteiger partial charge in [-0.2, -0.15) is 0 Å². The molecule has 0 aliphatic heterocycles. The van der Waals surface area contributed by atoms with E-state index in [0.29, 0.717) is 5.56 Å². The maximum Gasteiger partial charge on any atom is 0.216 e. The molecule has 1 radical (unpaired) electrons. The van der Waals surface area contributed by atoms with E-state index >= 15 is 0 Å². The zero-order chi connectivity index (χ0) is 10.6. The molecule has 0 fully saturated rings. The van der Waals surface area contributed by atoms with Crippen LogP contribution in [0.15, 0.2) is 24.3 Å². The first-order valence-electron chi connectivity index (χ1n) is 4.54. The van der Waals surface area contributed by atoms with Gasteiger partial charge in [-0.1, -0.05) is 72.4 Å². The highest BCUT2D eigenvalue weighted by atomic mass is 35.6. The number of rotatable bonds is 3. The summed E-state index contributed by atoms with van der Waals surface area (Å²) in [5, 5.41) is 0. The minimum Gasteiger partial charge on any atom is -0.0784 e. The van der Waals surface area contributed by atoms with Gasteiger partial charge in [-0.15, -0.1) is 0 Å². The number of alkyl halides is 3. The number of benzene rings is 1. The summed E-state index contributed by atoms with van der Waals surface area (Å²) >= 11 is 17.2. The largest absolute Gasteiger partial charge is 0.216 e. The SMILES string of the molecule is CCC[CH]c1ccc(C(Cl)(Cl)Cl)cc1. The molecule has 0 nitrogen and oxygen atoms in total. The van der Waals surface area contributed by atoms with Crippen LogP contribution in [0.3, 0.4) is 0 Å². The van der Waals surface area contributed by atoms with Crippen molar-refractivity contribution in [1.82, 2.24) is 0 Å². The van der Waals surface area contributed by atoms with Crippen LogP contribution in [0.1, 0.15) is 30.9 Å². The van der Waals surface area contributed by atoms with Crippen molar-refractivity contribution >= 4 is 34.8 Å². The summed E-state index contributed by atoms with van der Waals surface area (Å²) in [5.41, 5.74) is 1.88. The Balaban J connectivity index is 2.69. The molecule has 1 aromatic carbocycles. The second-order valence-corrected chi connectivity index (χ2v) is 5.39. The van der Waals surface area contributed by atoms with E-state index in [0.717, 1.165) is 12.8 Å². The Labute approximate surface area is 100 Å². The van der Waals surface area contributed by atoms with Gasteiger partial charge in [-0.3, -0.25) is 0 Å². The van der Waals surface area contributed by atoms with Gasteiger partial charge in [0.25, 0.3) is 0 Å². The summed E-state index contributed by atoms with van der Waals surface area (Å²) in [6.45, 7) is 2.15. The van der Waals surface area contributed by atoms with E-state index in [1.54, 1.807) is 0 Å². The molecular formula is C11H12Cl3. The smallest absolute Gasteiger partial charge is 0.0784 e. The first-order valence-corrected chi connectivity index (χ1v) is 5.68. The predicted octanol–water partition coefficient (Wildman–Crippen LogP) is 4.87. The second kappa shape index (κ2) is 5.25. The third kappa shape index (κ3) is 3.68. The van der Waals surface area contributed by atoms with Crippen LogP contribution < -0.4 is 0 Å². The highest BCUT2D eigenvalue weighted by Crippen LogP contribution is 2.38. The second-order valence-electron chi connectivity index (χ2n) is 3.11. The predicted molar refractivity (Wildman–Crippen MR) is 64.0 cm³/mol. The number of halogens is 3. The Morgan fingerprint density at radius 2 is 1.71 bits per heavy atom. The standard InChI is InChI=1S/C11H12Cl3/c1-2-3-4-9-5-7-10(8-6-9)11(12,13)14/h4-8H,2-3H2,1H3. The summed E-state index contributed by atoms with van der Waals surface area (Å²) in [5.74, 6) is 0. The summed E-state index contributed by atoms with van der Waals surface area (Å²) in [6.07, 6.45) is 4.39. The molecule has 0 amide bonds. The van der Waals surface area contributed by atoms with Gasteiger partial charge in [0, 0.05) is 5.56 Å². The van der Waals surface area contributed by atoms with Gasteiger partial charge in [0.1, 0.15) is 0 Å². The fraction of sp³-hybridized carbons (Fsp3) is 0.364. The zero-order valence-electron chi connectivity index (χ0n) is 7.93. The average Bonchev–Trinajstić information content (AvgIpc) is 2.14. The molecule has 0 aliphatic carbocycles. The number of hydrogen-bond acceptors (Lipinski definition) is 0. The van der Waals surface area contributed by atoms with Crippen LogP contribution >= 0.6 is 34.8 Å². The zero-order valence-corrected chi connectivity index (χ0v) is 10.2. The summed E-state index contributed by atoms with van der Waals surface area (Å²) in [6, 6.07) is 7.61. The highest BCUT2D eigenvalue weighted by Gasteiger charge is 2.21. The third-order valence-electron chi connectivity index (χ3n) is 1.91. The molecule has 1 aromatic rings. The Bertz CT molecular complexity index is 272. The van der Waals surface area contributed by atoms with Crippen molar-refractivity contribution in [3.8, 4) is 0 Å². The molecule has 0 atom stereocenters. The van der Waals surface area contributed by atoms with Crippen LogP contribution in [-0.2, 0) is 3.79 Å². The molecule has 0 saturated heterocycles. The molecule has 0 bridgehead atoms. The minimum atomic E-state index is -1.32. The van der Waals surface area contributed by atoms with Gasteiger partial charge in [0.05, 0.1) is 0 Å². The Kier molecular flexibility index (Phi) is 4.56. The van der Waals surface area contributed by atoms with Crippen molar-refractivity contribution < 1.29 is 0 Å². The van der Waals surface area contributed by atoms with Crippen LogP contribution in [0.5, 0.6) is 0 Å². The fourth-order valence-corrected chi connectivity index (χ4v) is 1.50. The normalized spacial score (nSPS) is 11.7. The van der Waals surface area contributed by atoms with Crippen molar-refractivity contribution in [3.63, 3.8) is 0 Å². The first kappa shape index (κ1) is 12.2. The van der Waals surface area contributed by atoms with E-state index in [9.17, 15) is 0 Å². The topological polar surface area (TPSA) is 0 Å². The summed E-state index contributed by atoms with van der Waals surface area (Å²) < 4.78 is -1.32. The van der Waals surface area contributed by atoms with Gasteiger partial charge >= 0.3 is 0 Å². The molecule has 3 heteroatoms. The van der Waals surface area contributed by atoms with Gasteiger partial charge in [0.15, 0.2) is 0 Å². The molecule has 0 heterocycles. The summed E-state index contributed by atoms with van der Waals surface area (Å²) in [7, 11) is 0. The fourth-order valence-electron chi connectivity index (χ4n) is 1.12. The van der Waals surface area contributed by atoms with Crippen LogP contribution in [0.4, 0.5) is 0 Å². The van der Waals surface area contributed by atoms with Crippen molar-refractivity contribution in [3.05, 3.63) is 41.8 Å². The lowest BCUT2D eigenvalue weighted by atomic mass is 10.1. The van der Waals surface area contributed by atoms with E-state index in [-0.39, 0.29) is 0 Å². The maximum absolute atomic E-state index is 5.74. The van der Waals surface area contributed by atoms with Gasteiger partial charge in [-0.05, 0) is 18.4 Å². The molecule has 0 unspecified atom stereocenters. The van der Waals surface area contributed by atoms with Gasteiger partial charge < -0.3 is 0 Å². The highest BCUT2D eigenvalue weighted by molar-refractivity contribution is 6.66. The van der Waals surface area contributed by atoms with Crippen LogP contribution in [0.2, 0.25) is 0 Å². The maximum atomic E-state index is 5.74. The van der Waals surface area contributed by atoms with Crippen LogP contribution in [0.25, 0.3) is 0 Å². The van der Waals surface area contributed by atoms with E-state index in [1.807, 2.05) is 24.3 Å². The Morgan fingerprint density at radius 3 is 2.14 bits per heavy atom.